The van der Waals surface area contributed by atoms with Crippen molar-refractivity contribution in [1.29, 1.82) is 0 Å². The fourth-order valence-electron chi connectivity index (χ4n) is 1.86. The zero-order valence-electron chi connectivity index (χ0n) is 11.8. The quantitative estimate of drug-likeness (QED) is 0.445. The second-order valence-corrected chi connectivity index (χ2v) is 4.76. The summed E-state index contributed by atoms with van der Waals surface area (Å²) < 4.78 is 30.9. The van der Waals surface area contributed by atoms with Gasteiger partial charge in [-0.2, -0.15) is 0 Å². The minimum Gasteiger partial charge on any atom is -0.462 e. The van der Waals surface area contributed by atoms with Crippen molar-refractivity contribution < 1.29 is 18.3 Å². The minimum atomic E-state index is -1.11. The summed E-state index contributed by atoms with van der Waals surface area (Å²) in [5, 5.41) is 0. The van der Waals surface area contributed by atoms with Crippen molar-refractivity contribution in [3.63, 3.8) is 0 Å². The van der Waals surface area contributed by atoms with E-state index in [1.54, 1.807) is 0 Å². The van der Waals surface area contributed by atoms with Crippen molar-refractivity contribution in [3.8, 4) is 0 Å². The number of carbonyl (C=O) groups excluding carboxylic acids is 1. The van der Waals surface area contributed by atoms with Crippen molar-refractivity contribution in [2.24, 2.45) is 0 Å². The number of nitrogen functional groups attached to an aromatic ring is 1. The maximum absolute atomic E-state index is 13.0. The molecular formula is C15H21F2NO2. The molecule has 20 heavy (non-hydrogen) atoms. The van der Waals surface area contributed by atoms with Gasteiger partial charge in [-0.1, -0.05) is 39.0 Å². The summed E-state index contributed by atoms with van der Waals surface area (Å²) >= 11 is 0. The summed E-state index contributed by atoms with van der Waals surface area (Å²) in [6.45, 7) is 2.41. The van der Waals surface area contributed by atoms with E-state index in [0.29, 0.717) is 0 Å². The zero-order chi connectivity index (χ0) is 15.0. The average Bonchev–Trinajstić information content (AvgIpc) is 2.41. The predicted molar refractivity (Wildman–Crippen MR) is 74.4 cm³/mol. The van der Waals surface area contributed by atoms with Gasteiger partial charge in [0.15, 0.2) is 11.6 Å². The number of unbranched alkanes of at least 4 members (excludes halogenated alkanes) is 5. The van der Waals surface area contributed by atoms with E-state index in [1.165, 1.54) is 19.3 Å². The summed E-state index contributed by atoms with van der Waals surface area (Å²) in [7, 11) is 0. The van der Waals surface area contributed by atoms with Gasteiger partial charge in [0.1, 0.15) is 0 Å². The van der Waals surface area contributed by atoms with E-state index >= 15 is 0 Å². The maximum Gasteiger partial charge on any atom is 0.340 e. The van der Waals surface area contributed by atoms with Gasteiger partial charge in [-0.05, 0) is 12.5 Å². The number of anilines is 1. The third-order valence-corrected chi connectivity index (χ3v) is 3.04. The van der Waals surface area contributed by atoms with Crippen LogP contribution in [0.15, 0.2) is 12.1 Å². The number of ether oxygens (including phenoxy) is 1. The van der Waals surface area contributed by atoms with Gasteiger partial charge in [-0.15, -0.1) is 0 Å². The molecule has 0 radical (unpaired) electrons. The van der Waals surface area contributed by atoms with Gasteiger partial charge in [-0.3, -0.25) is 0 Å². The second kappa shape index (κ2) is 8.51. The van der Waals surface area contributed by atoms with Gasteiger partial charge < -0.3 is 10.5 Å². The van der Waals surface area contributed by atoms with E-state index in [2.05, 4.69) is 6.92 Å². The average molecular weight is 285 g/mol. The lowest BCUT2D eigenvalue weighted by Gasteiger charge is -2.07. The summed E-state index contributed by atoms with van der Waals surface area (Å²) in [5.41, 5.74) is 5.23. The van der Waals surface area contributed by atoms with E-state index in [0.717, 1.165) is 31.4 Å². The lowest BCUT2D eigenvalue weighted by molar-refractivity contribution is 0.0498. The number of hydrogen-bond donors (Lipinski definition) is 1. The van der Waals surface area contributed by atoms with E-state index in [9.17, 15) is 13.6 Å². The predicted octanol–water partition coefficient (Wildman–Crippen LogP) is 4.06. The molecule has 0 saturated heterocycles. The van der Waals surface area contributed by atoms with Crippen LogP contribution in [0.5, 0.6) is 0 Å². The Balaban J connectivity index is 2.34. The van der Waals surface area contributed by atoms with Crippen LogP contribution in [-0.4, -0.2) is 12.6 Å². The molecule has 0 atom stereocenters. The third kappa shape index (κ3) is 5.15. The molecule has 1 rings (SSSR count). The fourth-order valence-corrected chi connectivity index (χ4v) is 1.86. The first-order valence-electron chi connectivity index (χ1n) is 6.98. The standard InChI is InChI=1S/C15H21F2NO2/c1-2-3-4-5-6-7-8-20-15(19)11-9-12(16)13(17)10-14(11)18/h9-10H,2-8,18H2,1H3. The number of rotatable bonds is 8. The molecule has 1 aromatic carbocycles. The van der Waals surface area contributed by atoms with Gasteiger partial charge in [0, 0.05) is 11.8 Å². The van der Waals surface area contributed by atoms with Crippen LogP contribution < -0.4 is 5.73 Å². The van der Waals surface area contributed by atoms with Gasteiger partial charge in [-0.25, -0.2) is 13.6 Å². The van der Waals surface area contributed by atoms with Crippen molar-refractivity contribution in [1.82, 2.24) is 0 Å². The van der Waals surface area contributed by atoms with Crippen molar-refractivity contribution in [3.05, 3.63) is 29.3 Å². The van der Waals surface area contributed by atoms with Crippen LogP contribution >= 0.6 is 0 Å². The summed E-state index contributed by atoms with van der Waals surface area (Å²) in [4.78, 5) is 11.7. The Morgan fingerprint density at radius 2 is 1.70 bits per heavy atom. The molecule has 0 spiro atoms. The molecular weight excluding hydrogens is 264 g/mol. The number of halogens is 2. The van der Waals surface area contributed by atoms with Crippen molar-refractivity contribution >= 4 is 11.7 Å². The molecule has 0 aliphatic carbocycles. The third-order valence-electron chi connectivity index (χ3n) is 3.04. The highest BCUT2D eigenvalue weighted by Gasteiger charge is 2.15. The lowest BCUT2D eigenvalue weighted by atomic mass is 10.1. The normalized spacial score (nSPS) is 10.6. The minimum absolute atomic E-state index is 0.114. The van der Waals surface area contributed by atoms with Crippen LogP contribution in [0.2, 0.25) is 0 Å². The van der Waals surface area contributed by atoms with E-state index in [4.69, 9.17) is 10.5 Å². The lowest BCUT2D eigenvalue weighted by Crippen LogP contribution is -2.10. The highest BCUT2D eigenvalue weighted by Crippen LogP contribution is 2.18. The summed E-state index contributed by atoms with van der Waals surface area (Å²) in [5.74, 6) is -2.89. The van der Waals surface area contributed by atoms with Gasteiger partial charge in [0.2, 0.25) is 0 Å². The molecule has 0 unspecified atom stereocenters. The molecule has 2 N–H and O–H groups in total. The molecule has 0 bridgehead atoms. The van der Waals surface area contributed by atoms with Crippen LogP contribution in [0.3, 0.4) is 0 Å². The number of nitrogens with two attached hydrogens (primary N) is 1. The van der Waals surface area contributed by atoms with Crippen LogP contribution in [0.25, 0.3) is 0 Å². The largest absolute Gasteiger partial charge is 0.462 e. The molecule has 0 aromatic heterocycles. The molecule has 0 fully saturated rings. The summed E-state index contributed by atoms with van der Waals surface area (Å²) in [6.07, 6.45) is 6.44. The molecule has 0 aliphatic rings. The van der Waals surface area contributed by atoms with E-state index < -0.39 is 17.6 Å². The molecule has 0 amide bonds. The van der Waals surface area contributed by atoms with Crippen LogP contribution in [0.4, 0.5) is 14.5 Å². The van der Waals surface area contributed by atoms with Crippen molar-refractivity contribution in [2.45, 2.75) is 45.4 Å². The first-order chi connectivity index (χ1) is 9.56. The fraction of sp³-hybridized carbons (Fsp3) is 0.533. The number of benzene rings is 1. The SMILES string of the molecule is CCCCCCCCOC(=O)c1cc(F)c(F)cc1N. The second-order valence-electron chi connectivity index (χ2n) is 4.76. The molecule has 0 aliphatic heterocycles. The van der Waals surface area contributed by atoms with Crippen molar-refractivity contribution in [2.75, 3.05) is 12.3 Å². The monoisotopic (exact) mass is 285 g/mol. The van der Waals surface area contributed by atoms with Crippen LogP contribution in [0.1, 0.15) is 55.8 Å². The Labute approximate surface area is 118 Å². The van der Waals surface area contributed by atoms with E-state index in [-0.39, 0.29) is 17.9 Å². The molecule has 1 aromatic rings. The topological polar surface area (TPSA) is 52.3 Å². The smallest absolute Gasteiger partial charge is 0.340 e. The molecule has 0 heterocycles. The Morgan fingerprint density at radius 3 is 2.40 bits per heavy atom. The Morgan fingerprint density at radius 1 is 1.10 bits per heavy atom. The zero-order valence-corrected chi connectivity index (χ0v) is 11.8. The Bertz CT molecular complexity index is 450. The molecule has 112 valence electrons. The van der Waals surface area contributed by atoms with Gasteiger partial charge in [0.05, 0.1) is 12.2 Å². The Kier molecular flexibility index (Phi) is 6.98. The number of esters is 1. The van der Waals surface area contributed by atoms with Gasteiger partial charge >= 0.3 is 5.97 Å². The highest BCUT2D eigenvalue weighted by molar-refractivity contribution is 5.95. The van der Waals surface area contributed by atoms with Crippen LogP contribution in [-0.2, 0) is 4.74 Å². The first-order valence-corrected chi connectivity index (χ1v) is 6.98. The Hall–Kier alpha value is -1.65. The van der Waals surface area contributed by atoms with Gasteiger partial charge in [0.25, 0.3) is 0 Å². The molecule has 3 nitrogen and oxygen atoms in total. The van der Waals surface area contributed by atoms with E-state index in [1.807, 2.05) is 0 Å². The highest BCUT2D eigenvalue weighted by atomic mass is 19.2. The molecule has 5 heteroatoms. The number of hydrogen-bond acceptors (Lipinski definition) is 3. The van der Waals surface area contributed by atoms with Crippen LogP contribution in [0, 0.1) is 11.6 Å². The maximum atomic E-state index is 13.0. The first kappa shape index (κ1) is 16.4. The molecule has 0 saturated carbocycles. The number of carbonyl (C=O) groups is 1. The summed E-state index contributed by atoms with van der Waals surface area (Å²) in [6, 6.07) is 1.56.